The van der Waals surface area contributed by atoms with Crippen molar-refractivity contribution in [2.24, 2.45) is 5.10 Å². The summed E-state index contributed by atoms with van der Waals surface area (Å²) in [5, 5.41) is 6.09. The van der Waals surface area contributed by atoms with E-state index >= 15 is 0 Å². The molecule has 0 aliphatic carbocycles. The zero-order valence-corrected chi connectivity index (χ0v) is 27.1. The summed E-state index contributed by atoms with van der Waals surface area (Å²) in [6.45, 7) is 2.20. The van der Waals surface area contributed by atoms with Crippen LogP contribution in [0, 0.1) is 6.92 Å². The number of anilines is 1. The molecule has 5 rings (SSSR count). The van der Waals surface area contributed by atoms with Gasteiger partial charge in [0.25, 0.3) is 5.91 Å². The number of nitrogens with zero attached hydrogens (tertiary/aromatic N) is 4. The lowest BCUT2D eigenvalue weighted by atomic mass is 10.2. The molecular weight excluding hydrogens is 613 g/mol. The van der Waals surface area contributed by atoms with Crippen LogP contribution in [0.25, 0.3) is 10.2 Å². The van der Waals surface area contributed by atoms with Crippen LogP contribution >= 0.6 is 11.3 Å². The second-order valence-electron chi connectivity index (χ2n) is 10.1. The largest absolute Gasteiger partial charge is 0.493 e. The average molecular weight is 645 g/mol. The van der Waals surface area contributed by atoms with Crippen LogP contribution in [0.4, 0.5) is 5.13 Å². The minimum Gasteiger partial charge on any atom is -0.493 e. The second kappa shape index (κ2) is 13.5. The lowest BCUT2D eigenvalue weighted by Crippen LogP contribution is -2.27. The summed E-state index contributed by atoms with van der Waals surface area (Å²) in [5.41, 5.74) is 3.47. The van der Waals surface area contributed by atoms with Gasteiger partial charge in [-0.15, -0.1) is 0 Å². The maximum absolute atomic E-state index is 13.9. The topological polar surface area (TPSA) is 111 Å². The van der Waals surface area contributed by atoms with Gasteiger partial charge < -0.3 is 14.2 Å². The molecule has 0 fully saturated rings. The second-order valence-corrected chi connectivity index (χ2v) is 13.1. The normalized spacial score (nSPS) is 11.7. The molecule has 0 saturated heterocycles. The molecule has 232 valence electrons. The molecule has 45 heavy (non-hydrogen) atoms. The first-order chi connectivity index (χ1) is 21.6. The van der Waals surface area contributed by atoms with Crippen molar-refractivity contribution in [3.63, 3.8) is 0 Å². The molecule has 5 aromatic rings. The summed E-state index contributed by atoms with van der Waals surface area (Å²) in [6, 6.07) is 24.4. The fraction of sp³-hybridized carbons (Fsp3) is 0.182. The van der Waals surface area contributed by atoms with Gasteiger partial charge in [0.2, 0.25) is 20.9 Å². The van der Waals surface area contributed by atoms with E-state index in [0.717, 1.165) is 21.3 Å². The molecule has 4 aromatic carbocycles. The van der Waals surface area contributed by atoms with Crippen LogP contribution in [0.2, 0.25) is 0 Å². The number of benzene rings is 4. The molecule has 0 unspecified atom stereocenters. The van der Waals surface area contributed by atoms with Gasteiger partial charge in [-0.1, -0.05) is 47.7 Å². The molecule has 0 aliphatic heterocycles. The highest BCUT2D eigenvalue weighted by Gasteiger charge is 2.25. The first kappa shape index (κ1) is 31.6. The van der Waals surface area contributed by atoms with Crippen LogP contribution in [0.3, 0.4) is 0 Å². The van der Waals surface area contributed by atoms with Crippen molar-refractivity contribution >= 4 is 48.8 Å². The highest BCUT2D eigenvalue weighted by molar-refractivity contribution is 7.89. The standard InChI is InChI=1S/C33H32N4O6S2/c1-22-11-16-27-30(17-22)44-33(35-27)37(34-20-24-18-28(41-3)31(43-5)29(19-24)42-4)32(38)25-12-14-26(15-13-25)45(39,40)36(2)21-23-9-7-6-8-10-23/h6-20H,21H2,1-5H3/b34-20+. The molecule has 0 aliphatic rings. The fourth-order valence-electron chi connectivity index (χ4n) is 4.60. The van der Waals surface area contributed by atoms with E-state index in [2.05, 4.69) is 10.1 Å². The summed E-state index contributed by atoms with van der Waals surface area (Å²) in [5.74, 6) is 0.800. The molecule has 0 saturated carbocycles. The van der Waals surface area contributed by atoms with E-state index in [1.807, 2.05) is 55.5 Å². The fourth-order valence-corrected chi connectivity index (χ4v) is 6.78. The van der Waals surface area contributed by atoms with E-state index in [1.54, 1.807) is 12.1 Å². The summed E-state index contributed by atoms with van der Waals surface area (Å²) < 4.78 is 45.1. The van der Waals surface area contributed by atoms with Gasteiger partial charge in [0.1, 0.15) is 0 Å². The Kier molecular flexibility index (Phi) is 9.47. The van der Waals surface area contributed by atoms with Gasteiger partial charge in [-0.05, 0) is 66.6 Å². The molecule has 0 spiro atoms. The Morgan fingerprint density at radius 1 is 0.911 bits per heavy atom. The van der Waals surface area contributed by atoms with Gasteiger partial charge in [-0.2, -0.15) is 14.4 Å². The number of carbonyl (C=O) groups excluding carboxylic acids is 1. The molecule has 0 radical (unpaired) electrons. The Morgan fingerprint density at radius 2 is 1.58 bits per heavy atom. The van der Waals surface area contributed by atoms with Gasteiger partial charge in [-0.25, -0.2) is 13.4 Å². The van der Waals surface area contributed by atoms with Crippen molar-refractivity contribution in [2.75, 3.05) is 33.4 Å². The number of thiazole rings is 1. The number of methoxy groups -OCH3 is 3. The van der Waals surface area contributed by atoms with Gasteiger partial charge in [0, 0.05) is 24.7 Å². The molecule has 0 atom stereocenters. The lowest BCUT2D eigenvalue weighted by molar-refractivity contribution is 0.0987. The number of aromatic nitrogens is 1. The monoisotopic (exact) mass is 644 g/mol. The van der Waals surface area contributed by atoms with Crippen molar-refractivity contribution in [2.45, 2.75) is 18.4 Å². The van der Waals surface area contributed by atoms with E-state index in [1.165, 1.54) is 79.5 Å². The van der Waals surface area contributed by atoms with Crippen molar-refractivity contribution in [3.05, 3.63) is 107 Å². The molecule has 10 nitrogen and oxygen atoms in total. The molecule has 1 aromatic heterocycles. The third kappa shape index (κ3) is 6.83. The number of ether oxygens (including phenoxy) is 3. The predicted octanol–water partition coefficient (Wildman–Crippen LogP) is 6.13. The number of hydrogen-bond donors (Lipinski definition) is 0. The van der Waals surface area contributed by atoms with Gasteiger partial charge in [0.05, 0.1) is 42.7 Å². The van der Waals surface area contributed by atoms with Crippen LogP contribution in [0.1, 0.15) is 27.0 Å². The van der Waals surface area contributed by atoms with Crippen LogP contribution in [0.15, 0.2) is 94.9 Å². The van der Waals surface area contributed by atoms with Gasteiger partial charge in [-0.3, -0.25) is 4.79 Å². The van der Waals surface area contributed by atoms with E-state index in [9.17, 15) is 13.2 Å². The lowest BCUT2D eigenvalue weighted by Gasteiger charge is -2.18. The van der Waals surface area contributed by atoms with Crippen LogP contribution in [0.5, 0.6) is 17.2 Å². The third-order valence-corrected chi connectivity index (χ3v) is 9.78. The molecule has 1 heterocycles. The Balaban J connectivity index is 1.49. The minimum atomic E-state index is -3.80. The molecule has 0 bridgehead atoms. The number of rotatable bonds is 11. The summed E-state index contributed by atoms with van der Waals surface area (Å²) in [4.78, 5) is 18.7. The van der Waals surface area contributed by atoms with Crippen LogP contribution < -0.4 is 19.2 Å². The number of hydrogen-bond acceptors (Lipinski definition) is 9. The van der Waals surface area contributed by atoms with E-state index in [4.69, 9.17) is 14.2 Å². The predicted molar refractivity (Wildman–Crippen MR) is 176 cm³/mol. The van der Waals surface area contributed by atoms with Crippen molar-refractivity contribution in [1.82, 2.24) is 9.29 Å². The van der Waals surface area contributed by atoms with Crippen molar-refractivity contribution in [1.29, 1.82) is 0 Å². The number of sulfonamides is 1. The molecular formula is C33H32N4O6S2. The SMILES string of the molecule is COc1cc(/C=N/N(C(=O)c2ccc(S(=O)(=O)N(C)Cc3ccccc3)cc2)c2nc3ccc(C)cc3s2)cc(OC)c1OC. The quantitative estimate of drug-likeness (QED) is 0.126. The highest BCUT2D eigenvalue weighted by atomic mass is 32.2. The zero-order valence-electron chi connectivity index (χ0n) is 25.4. The number of carbonyl (C=O) groups is 1. The summed E-state index contributed by atoms with van der Waals surface area (Å²) in [6.07, 6.45) is 1.50. The zero-order chi connectivity index (χ0) is 32.1. The maximum atomic E-state index is 13.9. The summed E-state index contributed by atoms with van der Waals surface area (Å²) >= 11 is 1.32. The summed E-state index contributed by atoms with van der Waals surface area (Å²) in [7, 11) is 2.26. The average Bonchev–Trinajstić information content (AvgIpc) is 3.47. The van der Waals surface area contributed by atoms with E-state index in [-0.39, 0.29) is 17.0 Å². The highest BCUT2D eigenvalue weighted by Crippen LogP contribution is 2.38. The Bertz CT molecular complexity index is 1930. The number of amides is 1. The minimum absolute atomic E-state index is 0.0698. The van der Waals surface area contributed by atoms with Gasteiger partial charge >= 0.3 is 0 Å². The van der Waals surface area contributed by atoms with E-state index < -0.39 is 15.9 Å². The maximum Gasteiger partial charge on any atom is 0.280 e. The first-order valence-corrected chi connectivity index (χ1v) is 16.1. The molecule has 12 heteroatoms. The first-order valence-electron chi connectivity index (χ1n) is 13.8. The van der Waals surface area contributed by atoms with Crippen molar-refractivity contribution < 1.29 is 27.4 Å². The Hall–Kier alpha value is -4.78. The molecule has 1 amide bonds. The third-order valence-electron chi connectivity index (χ3n) is 6.97. The van der Waals surface area contributed by atoms with Crippen LogP contribution in [-0.4, -0.2) is 58.2 Å². The number of aryl methyl sites for hydroxylation is 1. The smallest absolute Gasteiger partial charge is 0.280 e. The Labute approximate surface area is 266 Å². The van der Waals surface area contributed by atoms with Crippen molar-refractivity contribution in [3.8, 4) is 17.2 Å². The molecule has 0 N–H and O–H groups in total. The van der Waals surface area contributed by atoms with Crippen LogP contribution in [-0.2, 0) is 16.6 Å². The Morgan fingerprint density at radius 3 is 2.20 bits per heavy atom. The number of fused-ring (bicyclic) bond motifs is 1. The number of hydrazone groups is 1. The van der Waals surface area contributed by atoms with E-state index in [0.29, 0.717) is 27.9 Å². The van der Waals surface area contributed by atoms with Gasteiger partial charge in [0.15, 0.2) is 11.5 Å².